The van der Waals surface area contributed by atoms with E-state index in [1.807, 2.05) is 6.92 Å². The number of amides is 1. The van der Waals surface area contributed by atoms with Crippen molar-refractivity contribution in [1.29, 1.82) is 0 Å². The maximum Gasteiger partial charge on any atom is 0.252 e. The van der Waals surface area contributed by atoms with E-state index in [4.69, 9.17) is 9.88 Å². The average molecular weight is 292 g/mol. The van der Waals surface area contributed by atoms with Crippen molar-refractivity contribution < 1.29 is 17.9 Å². The van der Waals surface area contributed by atoms with Crippen LogP contribution in [0.5, 0.6) is 0 Å². The molecule has 1 heterocycles. The Bertz CT molecular complexity index is 510. The van der Waals surface area contributed by atoms with Gasteiger partial charge in [-0.1, -0.05) is 0 Å². The molecule has 1 aromatic rings. The molecule has 1 aromatic heterocycles. The largest absolute Gasteiger partial charge is 0.380 e. The first-order valence-corrected chi connectivity index (χ1v) is 7.77. The minimum Gasteiger partial charge on any atom is -0.380 e. The van der Waals surface area contributed by atoms with Gasteiger partial charge in [0.2, 0.25) is 10.0 Å². The molecule has 0 bridgehead atoms. The molecule has 0 saturated carbocycles. The van der Waals surface area contributed by atoms with Crippen LogP contribution < -0.4 is 10.5 Å². The minimum absolute atomic E-state index is 0.0230. The van der Waals surface area contributed by atoms with E-state index < -0.39 is 10.0 Å². The normalized spacial score (nSPS) is 13.3. The van der Waals surface area contributed by atoms with Crippen LogP contribution in [-0.4, -0.2) is 33.6 Å². The lowest BCUT2D eigenvalue weighted by molar-refractivity contribution is 0.0872. The van der Waals surface area contributed by atoms with Gasteiger partial charge in [0.1, 0.15) is 4.21 Å². The summed E-state index contributed by atoms with van der Waals surface area (Å²) in [6.07, 6.45) is 0. The second kappa shape index (κ2) is 6.28. The first-order chi connectivity index (χ1) is 8.34. The van der Waals surface area contributed by atoms with Crippen molar-refractivity contribution in [3.05, 3.63) is 17.0 Å². The van der Waals surface area contributed by atoms with Crippen LogP contribution in [0, 0.1) is 0 Å². The molecule has 3 N–H and O–H groups in total. The van der Waals surface area contributed by atoms with Gasteiger partial charge >= 0.3 is 0 Å². The molecule has 0 fully saturated rings. The van der Waals surface area contributed by atoms with Crippen LogP contribution in [0.25, 0.3) is 0 Å². The van der Waals surface area contributed by atoms with Crippen LogP contribution in [0.4, 0.5) is 0 Å². The monoisotopic (exact) mass is 292 g/mol. The summed E-state index contributed by atoms with van der Waals surface area (Å²) in [5, 5.41) is 9.13. The van der Waals surface area contributed by atoms with Gasteiger partial charge in [-0.3, -0.25) is 4.79 Å². The molecule has 0 aliphatic rings. The smallest absolute Gasteiger partial charge is 0.252 e. The lowest BCUT2D eigenvalue weighted by Gasteiger charge is -2.12. The number of hydrogen-bond donors (Lipinski definition) is 2. The van der Waals surface area contributed by atoms with Crippen molar-refractivity contribution in [2.75, 3.05) is 13.2 Å². The quantitative estimate of drug-likeness (QED) is 0.800. The van der Waals surface area contributed by atoms with Gasteiger partial charge in [0, 0.05) is 18.0 Å². The first-order valence-electron chi connectivity index (χ1n) is 5.34. The van der Waals surface area contributed by atoms with E-state index in [9.17, 15) is 13.2 Å². The van der Waals surface area contributed by atoms with Crippen molar-refractivity contribution in [1.82, 2.24) is 5.32 Å². The Morgan fingerprint density at radius 2 is 2.28 bits per heavy atom. The van der Waals surface area contributed by atoms with Gasteiger partial charge in [0.25, 0.3) is 5.91 Å². The summed E-state index contributed by atoms with van der Waals surface area (Å²) in [4.78, 5) is 11.8. The topological polar surface area (TPSA) is 98.5 Å². The number of nitrogens with two attached hydrogens (primary N) is 1. The molecule has 0 saturated heterocycles. The van der Waals surface area contributed by atoms with E-state index in [0.717, 1.165) is 11.3 Å². The molecule has 1 atom stereocenters. The third-order valence-corrected chi connectivity index (χ3v) is 4.45. The van der Waals surface area contributed by atoms with Gasteiger partial charge < -0.3 is 10.1 Å². The van der Waals surface area contributed by atoms with Crippen LogP contribution >= 0.6 is 11.3 Å². The van der Waals surface area contributed by atoms with Gasteiger partial charge in [0.15, 0.2) is 0 Å². The van der Waals surface area contributed by atoms with Gasteiger partial charge in [0.05, 0.1) is 12.2 Å². The van der Waals surface area contributed by atoms with Crippen LogP contribution in [0.3, 0.4) is 0 Å². The summed E-state index contributed by atoms with van der Waals surface area (Å²) in [5.74, 6) is -0.339. The molecule has 0 aliphatic heterocycles. The van der Waals surface area contributed by atoms with Crippen molar-refractivity contribution in [3.63, 3.8) is 0 Å². The summed E-state index contributed by atoms with van der Waals surface area (Å²) < 4.78 is 27.3. The molecule has 0 radical (unpaired) electrons. The van der Waals surface area contributed by atoms with Crippen molar-refractivity contribution in [2.45, 2.75) is 24.1 Å². The Balaban J connectivity index is 2.65. The summed E-state index contributed by atoms with van der Waals surface area (Å²) in [5.41, 5.74) is 0.285. The molecular weight excluding hydrogens is 276 g/mol. The second-order valence-corrected chi connectivity index (χ2v) is 6.43. The fraction of sp³-hybridized carbons (Fsp3) is 0.500. The van der Waals surface area contributed by atoms with Gasteiger partial charge in [-0.15, -0.1) is 11.3 Å². The molecule has 6 nitrogen and oxygen atoms in total. The highest BCUT2D eigenvalue weighted by molar-refractivity contribution is 7.91. The fourth-order valence-electron chi connectivity index (χ4n) is 1.23. The van der Waals surface area contributed by atoms with E-state index in [1.54, 1.807) is 6.92 Å². The van der Waals surface area contributed by atoms with Gasteiger partial charge in [-0.05, 0) is 19.9 Å². The molecule has 0 aromatic carbocycles. The van der Waals surface area contributed by atoms with Crippen LogP contribution in [-0.2, 0) is 14.8 Å². The van der Waals surface area contributed by atoms with Crippen molar-refractivity contribution >= 4 is 27.3 Å². The Kier molecular flexibility index (Phi) is 5.27. The molecular formula is C10H16N2O4S2. The van der Waals surface area contributed by atoms with E-state index >= 15 is 0 Å². The molecule has 18 heavy (non-hydrogen) atoms. The molecule has 1 rings (SSSR count). The highest BCUT2D eigenvalue weighted by Gasteiger charge is 2.16. The van der Waals surface area contributed by atoms with E-state index in [1.165, 1.54) is 11.4 Å². The number of carbonyl (C=O) groups is 1. The second-order valence-electron chi connectivity index (χ2n) is 3.73. The Morgan fingerprint density at radius 3 is 2.78 bits per heavy atom. The number of carbonyl (C=O) groups excluding carboxylic acids is 1. The number of thiophene rings is 1. The predicted octanol–water partition coefficient (Wildman–Crippen LogP) is 0.550. The lowest BCUT2D eigenvalue weighted by Crippen LogP contribution is -2.35. The van der Waals surface area contributed by atoms with Gasteiger partial charge in [-0.25, -0.2) is 13.6 Å². The van der Waals surface area contributed by atoms with Crippen molar-refractivity contribution in [2.24, 2.45) is 5.14 Å². The van der Waals surface area contributed by atoms with E-state index in [2.05, 4.69) is 5.32 Å². The number of ether oxygens (including phenoxy) is 1. The molecule has 102 valence electrons. The first kappa shape index (κ1) is 15.1. The van der Waals surface area contributed by atoms with Gasteiger partial charge in [-0.2, -0.15) is 0 Å². The molecule has 0 aliphatic carbocycles. The fourth-order valence-corrected chi connectivity index (χ4v) is 2.81. The standard InChI is InChI=1S/C10H16N2O4S2/c1-3-16-5-7(2)12-10(13)8-4-9(17-6-8)18(11,14)15/h4,6-7H,3,5H2,1-2H3,(H,12,13)(H2,11,14,15). The molecule has 1 amide bonds. The zero-order chi connectivity index (χ0) is 13.8. The highest BCUT2D eigenvalue weighted by Crippen LogP contribution is 2.18. The summed E-state index contributed by atoms with van der Waals surface area (Å²) in [6.45, 7) is 4.66. The maximum atomic E-state index is 11.8. The summed E-state index contributed by atoms with van der Waals surface area (Å²) >= 11 is 0.925. The number of hydrogen-bond acceptors (Lipinski definition) is 5. The molecule has 0 spiro atoms. The lowest BCUT2D eigenvalue weighted by atomic mass is 10.3. The zero-order valence-electron chi connectivity index (χ0n) is 10.2. The predicted molar refractivity (Wildman–Crippen MR) is 69.1 cm³/mol. The van der Waals surface area contributed by atoms with E-state index in [-0.39, 0.29) is 21.7 Å². The van der Waals surface area contributed by atoms with Crippen LogP contribution in [0.2, 0.25) is 0 Å². The highest BCUT2D eigenvalue weighted by atomic mass is 32.2. The summed E-state index contributed by atoms with van der Waals surface area (Å²) in [6, 6.07) is 1.12. The zero-order valence-corrected chi connectivity index (χ0v) is 11.8. The number of primary sulfonamides is 1. The average Bonchev–Trinajstić information content (AvgIpc) is 2.75. The van der Waals surface area contributed by atoms with Crippen LogP contribution in [0.1, 0.15) is 24.2 Å². The van der Waals surface area contributed by atoms with Crippen molar-refractivity contribution in [3.8, 4) is 0 Å². The third kappa shape index (κ3) is 4.37. The number of rotatable bonds is 6. The molecule has 8 heteroatoms. The Hall–Kier alpha value is -0.960. The van der Waals surface area contributed by atoms with E-state index in [0.29, 0.717) is 13.2 Å². The number of nitrogens with one attached hydrogen (secondary N) is 1. The van der Waals surface area contributed by atoms with Crippen LogP contribution in [0.15, 0.2) is 15.7 Å². The SMILES string of the molecule is CCOCC(C)NC(=O)c1csc(S(N)(=O)=O)c1. The third-order valence-electron chi connectivity index (χ3n) is 2.07. The summed E-state index contributed by atoms with van der Waals surface area (Å²) in [7, 11) is -3.74. The number of sulfonamides is 1. The molecule has 1 unspecified atom stereocenters. The Morgan fingerprint density at radius 1 is 1.61 bits per heavy atom. The Labute approximate surface area is 110 Å². The minimum atomic E-state index is -3.74. The maximum absolute atomic E-state index is 11.8.